The number of ether oxygens (including phenoxy) is 2. The summed E-state index contributed by atoms with van der Waals surface area (Å²) < 4.78 is 11.8. The number of hydrogen-bond donors (Lipinski definition) is 0. The van der Waals surface area contributed by atoms with Gasteiger partial charge in [0.2, 0.25) is 0 Å². The molecule has 3 aliphatic carbocycles. The first kappa shape index (κ1) is 27.1. The van der Waals surface area contributed by atoms with Gasteiger partial charge < -0.3 is 9.47 Å². The smallest absolute Gasteiger partial charge is 0.310 e. The van der Waals surface area contributed by atoms with Gasteiger partial charge in [0.1, 0.15) is 11.4 Å². The first-order chi connectivity index (χ1) is 17.9. The Labute approximate surface area is 222 Å². The third-order valence-corrected chi connectivity index (χ3v) is 8.07. The van der Waals surface area contributed by atoms with Gasteiger partial charge in [0, 0.05) is 13.1 Å². The van der Waals surface area contributed by atoms with Crippen LogP contribution >= 0.6 is 0 Å². The molecule has 0 heterocycles. The molecule has 1 aromatic rings. The molecule has 0 aromatic heterocycles. The first-order valence-electron chi connectivity index (χ1n) is 13.8. The molecule has 5 heteroatoms. The molecule has 0 amide bonds. The van der Waals surface area contributed by atoms with E-state index in [-0.39, 0.29) is 11.6 Å². The lowest BCUT2D eigenvalue weighted by molar-refractivity contribution is -0.149. The Bertz CT molecular complexity index is 1080. The van der Waals surface area contributed by atoms with Crippen LogP contribution in [0.1, 0.15) is 75.8 Å². The number of hydrogen-bond acceptors (Lipinski definition) is 5. The summed E-state index contributed by atoms with van der Waals surface area (Å²) in [7, 11) is 0. The lowest BCUT2D eigenvalue weighted by Gasteiger charge is -2.15. The van der Waals surface area contributed by atoms with E-state index in [1.165, 1.54) is 30.4 Å². The largest absolute Gasteiger partial charge is 0.493 e. The SMILES string of the molecule is C=C/C=C\C(Cc1ccc(OCCC2CC2C2CCC=C(CC(=O)OC3(C)CC3)CC2)c(C)c1)=N\N=C. The van der Waals surface area contributed by atoms with Crippen molar-refractivity contribution in [1.29, 1.82) is 0 Å². The van der Waals surface area contributed by atoms with E-state index in [2.05, 4.69) is 54.7 Å². The van der Waals surface area contributed by atoms with Crippen LogP contribution in [0.2, 0.25) is 0 Å². The second-order valence-corrected chi connectivity index (χ2v) is 11.2. The van der Waals surface area contributed by atoms with Crippen LogP contribution in [-0.2, 0) is 16.0 Å². The minimum absolute atomic E-state index is 0.0404. The fourth-order valence-electron chi connectivity index (χ4n) is 5.57. The van der Waals surface area contributed by atoms with E-state index in [1.54, 1.807) is 6.08 Å². The van der Waals surface area contributed by atoms with E-state index in [4.69, 9.17) is 9.47 Å². The molecule has 0 aliphatic heterocycles. The monoisotopic (exact) mass is 502 g/mol. The molecule has 4 rings (SSSR count). The topological polar surface area (TPSA) is 60.2 Å². The van der Waals surface area contributed by atoms with Crippen LogP contribution in [0.25, 0.3) is 0 Å². The molecule has 2 fully saturated rings. The van der Waals surface area contributed by atoms with Crippen molar-refractivity contribution in [2.24, 2.45) is 28.0 Å². The standard InChI is InChI=1S/C32H42N2O3/c1-5-6-10-28(34-33-4)20-25-12-14-30(23(2)19-25)36-18-15-27-22-29(27)26-9-7-8-24(11-13-26)21-31(35)37-32(3)16-17-32/h5-6,8,10,12,14,19,26-27,29H,1,4,7,9,11,13,15-18,20-22H2,2-3H3/b10-6-,34-28-. The number of rotatable bonds is 13. The van der Waals surface area contributed by atoms with Gasteiger partial charge in [0.15, 0.2) is 0 Å². The van der Waals surface area contributed by atoms with Crippen LogP contribution in [0.5, 0.6) is 5.75 Å². The van der Waals surface area contributed by atoms with E-state index in [1.807, 2.05) is 19.1 Å². The summed E-state index contributed by atoms with van der Waals surface area (Å²) in [6.45, 7) is 12.1. The molecule has 0 radical (unpaired) electrons. The Morgan fingerprint density at radius 2 is 2.08 bits per heavy atom. The zero-order valence-corrected chi connectivity index (χ0v) is 22.6. The number of allylic oxidation sites excluding steroid dienone is 4. The number of nitrogens with zero attached hydrogens (tertiary/aromatic N) is 2. The molecule has 198 valence electrons. The summed E-state index contributed by atoms with van der Waals surface area (Å²) in [6, 6.07) is 6.32. The quantitative estimate of drug-likeness (QED) is 0.0932. The summed E-state index contributed by atoms with van der Waals surface area (Å²) in [5, 5.41) is 7.78. The molecular formula is C32H42N2O3. The van der Waals surface area contributed by atoms with Crippen LogP contribution in [-0.4, -0.2) is 30.6 Å². The van der Waals surface area contributed by atoms with Crippen molar-refractivity contribution < 1.29 is 14.3 Å². The highest BCUT2D eigenvalue weighted by atomic mass is 16.6. The van der Waals surface area contributed by atoms with E-state index in [0.29, 0.717) is 12.8 Å². The predicted octanol–water partition coefficient (Wildman–Crippen LogP) is 7.34. The Morgan fingerprint density at radius 3 is 2.81 bits per heavy atom. The molecule has 0 spiro atoms. The lowest BCUT2D eigenvalue weighted by Crippen LogP contribution is -2.16. The second-order valence-electron chi connectivity index (χ2n) is 11.2. The summed E-state index contributed by atoms with van der Waals surface area (Å²) in [6.07, 6.45) is 18.0. The molecule has 1 aromatic carbocycles. The average Bonchev–Trinajstić information content (AvgIpc) is 3.78. The van der Waals surface area contributed by atoms with Crippen LogP contribution < -0.4 is 4.74 Å². The summed E-state index contributed by atoms with van der Waals surface area (Å²) in [4.78, 5) is 12.3. The summed E-state index contributed by atoms with van der Waals surface area (Å²) in [5.74, 6) is 3.27. The zero-order chi connectivity index (χ0) is 26.3. The van der Waals surface area contributed by atoms with E-state index >= 15 is 0 Å². The van der Waals surface area contributed by atoms with Crippen molar-refractivity contribution in [3.63, 3.8) is 0 Å². The maximum Gasteiger partial charge on any atom is 0.310 e. The number of aryl methyl sites for hydroxylation is 1. The van der Waals surface area contributed by atoms with E-state index in [0.717, 1.165) is 73.5 Å². The maximum absolute atomic E-state index is 12.3. The summed E-state index contributed by atoms with van der Waals surface area (Å²) >= 11 is 0. The van der Waals surface area contributed by atoms with Gasteiger partial charge in [0.25, 0.3) is 0 Å². The Balaban J connectivity index is 1.17. The fourth-order valence-corrected chi connectivity index (χ4v) is 5.57. The van der Waals surface area contributed by atoms with E-state index in [9.17, 15) is 4.79 Å². The average molecular weight is 503 g/mol. The van der Waals surface area contributed by atoms with Crippen molar-refractivity contribution in [2.45, 2.75) is 83.7 Å². The highest BCUT2D eigenvalue weighted by Gasteiger charge is 2.43. The second kappa shape index (κ2) is 12.5. The normalized spacial score (nSPS) is 24.6. The molecule has 0 N–H and O–H groups in total. The van der Waals surface area contributed by atoms with Gasteiger partial charge in [-0.1, -0.05) is 42.5 Å². The minimum atomic E-state index is -0.167. The minimum Gasteiger partial charge on any atom is -0.493 e. The molecule has 3 atom stereocenters. The van der Waals surface area contributed by atoms with Crippen LogP contribution in [0.3, 0.4) is 0 Å². The summed E-state index contributed by atoms with van der Waals surface area (Å²) in [5.41, 5.74) is 4.27. The molecule has 0 bridgehead atoms. The lowest BCUT2D eigenvalue weighted by atomic mass is 9.92. The van der Waals surface area contributed by atoms with Gasteiger partial charge in [-0.15, -0.1) is 0 Å². The Hall–Kier alpha value is -2.95. The molecular weight excluding hydrogens is 460 g/mol. The van der Waals surface area contributed by atoms with Crippen molar-refractivity contribution in [3.05, 3.63) is 65.8 Å². The van der Waals surface area contributed by atoms with E-state index < -0.39 is 0 Å². The van der Waals surface area contributed by atoms with Gasteiger partial charge in [-0.25, -0.2) is 0 Å². The van der Waals surface area contributed by atoms with Crippen molar-refractivity contribution in [2.75, 3.05) is 6.61 Å². The molecule has 3 unspecified atom stereocenters. The highest BCUT2D eigenvalue weighted by molar-refractivity contribution is 5.96. The maximum atomic E-state index is 12.3. The molecule has 37 heavy (non-hydrogen) atoms. The third-order valence-electron chi connectivity index (χ3n) is 8.07. The molecule has 0 saturated heterocycles. The van der Waals surface area contributed by atoms with Gasteiger partial charge in [-0.05, 0) is 106 Å². The van der Waals surface area contributed by atoms with Crippen LogP contribution in [0.15, 0.2) is 64.9 Å². The zero-order valence-electron chi connectivity index (χ0n) is 22.6. The molecule has 2 saturated carbocycles. The van der Waals surface area contributed by atoms with Gasteiger partial charge >= 0.3 is 5.97 Å². The van der Waals surface area contributed by atoms with Crippen LogP contribution in [0, 0.1) is 24.7 Å². The fraction of sp³-hybridized carbons (Fsp3) is 0.531. The predicted molar refractivity (Wildman–Crippen MR) is 151 cm³/mol. The van der Waals surface area contributed by atoms with Gasteiger partial charge in [-0.2, -0.15) is 10.2 Å². The number of carbonyl (C=O) groups is 1. The van der Waals surface area contributed by atoms with Crippen molar-refractivity contribution >= 4 is 18.4 Å². The van der Waals surface area contributed by atoms with Gasteiger partial charge in [-0.3, -0.25) is 4.79 Å². The van der Waals surface area contributed by atoms with Crippen LogP contribution in [0.4, 0.5) is 0 Å². The Morgan fingerprint density at radius 1 is 1.24 bits per heavy atom. The first-order valence-corrected chi connectivity index (χ1v) is 13.8. The Kier molecular flexibility index (Phi) is 9.18. The third kappa shape index (κ3) is 8.28. The number of esters is 1. The molecule has 5 nitrogen and oxygen atoms in total. The number of carbonyl (C=O) groups excluding carboxylic acids is 1. The highest BCUT2D eigenvalue weighted by Crippen LogP contribution is 2.50. The number of benzene rings is 1. The van der Waals surface area contributed by atoms with Crippen molar-refractivity contribution in [1.82, 2.24) is 0 Å². The van der Waals surface area contributed by atoms with Crippen molar-refractivity contribution in [3.8, 4) is 5.75 Å². The molecule has 3 aliphatic rings. The van der Waals surface area contributed by atoms with Gasteiger partial charge in [0.05, 0.1) is 18.7 Å².